The maximum absolute atomic E-state index is 8.89. The monoisotopic (exact) mass is 246 g/mol. The van der Waals surface area contributed by atoms with Gasteiger partial charge in [-0.2, -0.15) is 5.26 Å². The van der Waals surface area contributed by atoms with Gasteiger partial charge < -0.3 is 9.88 Å². The Morgan fingerprint density at radius 3 is 2.78 bits per heavy atom. The van der Waals surface area contributed by atoms with Crippen LogP contribution in [0.15, 0.2) is 12.3 Å². The van der Waals surface area contributed by atoms with Gasteiger partial charge in [0.15, 0.2) is 0 Å². The van der Waals surface area contributed by atoms with Crippen LogP contribution in [0.1, 0.15) is 31.0 Å². The second kappa shape index (κ2) is 6.03. The van der Waals surface area contributed by atoms with Crippen molar-refractivity contribution in [1.82, 2.24) is 14.8 Å². The van der Waals surface area contributed by atoms with Crippen molar-refractivity contribution in [2.24, 2.45) is 7.05 Å². The lowest BCUT2D eigenvalue weighted by Gasteiger charge is -2.23. The van der Waals surface area contributed by atoms with Gasteiger partial charge in [-0.25, -0.2) is 0 Å². The molecule has 1 aliphatic rings. The Morgan fingerprint density at radius 2 is 2.17 bits per heavy atom. The van der Waals surface area contributed by atoms with Crippen molar-refractivity contribution in [2.75, 3.05) is 19.6 Å². The van der Waals surface area contributed by atoms with Gasteiger partial charge in [0, 0.05) is 32.4 Å². The van der Waals surface area contributed by atoms with E-state index in [1.807, 2.05) is 23.9 Å². The van der Waals surface area contributed by atoms with Crippen LogP contribution in [0, 0.1) is 11.3 Å². The molecule has 1 aliphatic heterocycles. The standard InChI is InChI=1S/C14H22N4/c1-12(18-5-3-4-6-18)9-16-10-13-7-14(8-15)17(2)11-13/h7,11-12,16H,3-6,9-10H2,1-2H3. The molecule has 1 saturated heterocycles. The maximum Gasteiger partial charge on any atom is 0.120 e. The molecule has 0 aromatic carbocycles. The molecule has 0 radical (unpaired) electrons. The zero-order valence-electron chi connectivity index (χ0n) is 11.3. The van der Waals surface area contributed by atoms with Crippen LogP contribution in [0.4, 0.5) is 0 Å². The van der Waals surface area contributed by atoms with Gasteiger partial charge in [0.1, 0.15) is 11.8 Å². The number of aromatic nitrogens is 1. The third-order valence-corrected chi connectivity index (χ3v) is 3.71. The van der Waals surface area contributed by atoms with Crippen LogP contribution in [0.3, 0.4) is 0 Å². The Bertz CT molecular complexity index is 423. The summed E-state index contributed by atoms with van der Waals surface area (Å²) in [6.45, 7) is 6.62. The van der Waals surface area contributed by atoms with E-state index < -0.39 is 0 Å². The van der Waals surface area contributed by atoms with E-state index in [0.29, 0.717) is 6.04 Å². The summed E-state index contributed by atoms with van der Waals surface area (Å²) in [5.41, 5.74) is 1.90. The smallest absolute Gasteiger partial charge is 0.120 e. The van der Waals surface area contributed by atoms with Crippen molar-refractivity contribution in [3.8, 4) is 6.07 Å². The molecule has 0 spiro atoms. The lowest BCUT2D eigenvalue weighted by molar-refractivity contribution is 0.251. The number of nitrogens with one attached hydrogen (secondary N) is 1. The number of hydrogen-bond donors (Lipinski definition) is 1. The number of likely N-dealkylation sites (tertiary alicyclic amines) is 1. The van der Waals surface area contributed by atoms with E-state index in [1.54, 1.807) is 0 Å². The predicted molar refractivity (Wildman–Crippen MR) is 72.1 cm³/mol. The third kappa shape index (κ3) is 3.12. The van der Waals surface area contributed by atoms with Crippen molar-refractivity contribution in [2.45, 2.75) is 32.4 Å². The van der Waals surface area contributed by atoms with E-state index in [1.165, 1.54) is 31.5 Å². The molecular formula is C14H22N4. The zero-order chi connectivity index (χ0) is 13.0. The lowest BCUT2D eigenvalue weighted by atomic mass is 10.2. The molecule has 0 aliphatic carbocycles. The third-order valence-electron chi connectivity index (χ3n) is 3.71. The van der Waals surface area contributed by atoms with Gasteiger partial charge >= 0.3 is 0 Å². The van der Waals surface area contributed by atoms with Gasteiger partial charge in [0.05, 0.1) is 0 Å². The summed E-state index contributed by atoms with van der Waals surface area (Å²) in [5.74, 6) is 0. The number of rotatable bonds is 5. The van der Waals surface area contributed by atoms with Crippen LogP contribution in [0.5, 0.6) is 0 Å². The van der Waals surface area contributed by atoms with Crippen LogP contribution in [0.2, 0.25) is 0 Å². The first-order chi connectivity index (χ1) is 8.70. The minimum absolute atomic E-state index is 0.603. The summed E-state index contributed by atoms with van der Waals surface area (Å²) < 4.78 is 1.88. The largest absolute Gasteiger partial charge is 0.342 e. The summed E-state index contributed by atoms with van der Waals surface area (Å²) in [6.07, 6.45) is 4.70. The predicted octanol–water partition coefficient (Wildman–Crippen LogP) is 1.47. The topological polar surface area (TPSA) is 44.0 Å². The molecule has 0 amide bonds. The molecule has 1 fully saturated rings. The number of aryl methyl sites for hydroxylation is 1. The van der Waals surface area contributed by atoms with E-state index in [9.17, 15) is 0 Å². The second-order valence-electron chi connectivity index (χ2n) is 5.18. The van der Waals surface area contributed by atoms with Gasteiger partial charge in [-0.15, -0.1) is 0 Å². The van der Waals surface area contributed by atoms with E-state index in [0.717, 1.165) is 18.8 Å². The zero-order valence-corrected chi connectivity index (χ0v) is 11.3. The van der Waals surface area contributed by atoms with Crippen molar-refractivity contribution in [3.05, 3.63) is 23.5 Å². The number of nitrogens with zero attached hydrogens (tertiary/aromatic N) is 3. The molecule has 1 aromatic heterocycles. The van der Waals surface area contributed by atoms with Gasteiger partial charge in [0.25, 0.3) is 0 Å². The summed E-state index contributed by atoms with van der Waals surface area (Å²) in [7, 11) is 1.91. The summed E-state index contributed by atoms with van der Waals surface area (Å²) in [6, 6.07) is 4.74. The van der Waals surface area contributed by atoms with Crippen LogP contribution >= 0.6 is 0 Å². The molecule has 0 bridgehead atoms. The Kier molecular flexibility index (Phi) is 4.40. The maximum atomic E-state index is 8.89. The first-order valence-corrected chi connectivity index (χ1v) is 6.71. The molecule has 1 N–H and O–H groups in total. The summed E-state index contributed by atoms with van der Waals surface area (Å²) in [5, 5.41) is 12.4. The Hall–Kier alpha value is -1.31. The van der Waals surface area contributed by atoms with Crippen LogP contribution < -0.4 is 5.32 Å². The average Bonchev–Trinajstić information content (AvgIpc) is 2.98. The fourth-order valence-electron chi connectivity index (χ4n) is 2.58. The Balaban J connectivity index is 1.76. The van der Waals surface area contributed by atoms with E-state index in [2.05, 4.69) is 23.2 Å². The van der Waals surface area contributed by atoms with Crippen LogP contribution in [-0.2, 0) is 13.6 Å². The molecule has 1 atom stereocenters. The fraction of sp³-hybridized carbons (Fsp3) is 0.643. The summed E-state index contributed by atoms with van der Waals surface area (Å²) in [4.78, 5) is 2.54. The Morgan fingerprint density at radius 1 is 1.44 bits per heavy atom. The highest BCUT2D eigenvalue weighted by atomic mass is 15.2. The first-order valence-electron chi connectivity index (χ1n) is 6.71. The minimum Gasteiger partial charge on any atom is -0.342 e. The van der Waals surface area contributed by atoms with E-state index in [4.69, 9.17) is 5.26 Å². The normalized spacial score (nSPS) is 17.8. The van der Waals surface area contributed by atoms with Gasteiger partial charge in [-0.3, -0.25) is 4.90 Å². The molecule has 98 valence electrons. The molecule has 4 heteroatoms. The molecule has 0 saturated carbocycles. The van der Waals surface area contributed by atoms with Gasteiger partial charge in [0.2, 0.25) is 0 Å². The molecule has 18 heavy (non-hydrogen) atoms. The van der Waals surface area contributed by atoms with E-state index >= 15 is 0 Å². The molecule has 2 rings (SSSR count). The van der Waals surface area contributed by atoms with Gasteiger partial charge in [-0.05, 0) is 44.5 Å². The molecule has 4 nitrogen and oxygen atoms in total. The first kappa shape index (κ1) is 13.1. The molecule has 2 heterocycles. The minimum atomic E-state index is 0.603. The van der Waals surface area contributed by atoms with E-state index in [-0.39, 0.29) is 0 Å². The van der Waals surface area contributed by atoms with Crippen molar-refractivity contribution < 1.29 is 0 Å². The fourth-order valence-corrected chi connectivity index (χ4v) is 2.58. The van der Waals surface area contributed by atoms with Crippen molar-refractivity contribution >= 4 is 0 Å². The summed E-state index contributed by atoms with van der Waals surface area (Å²) >= 11 is 0. The SMILES string of the molecule is CC(CNCc1cc(C#N)n(C)c1)N1CCCC1. The highest BCUT2D eigenvalue weighted by Gasteiger charge is 2.17. The second-order valence-corrected chi connectivity index (χ2v) is 5.18. The quantitative estimate of drug-likeness (QED) is 0.855. The Labute approximate surface area is 109 Å². The highest BCUT2D eigenvalue weighted by Crippen LogP contribution is 2.11. The van der Waals surface area contributed by atoms with Crippen LogP contribution in [0.25, 0.3) is 0 Å². The highest BCUT2D eigenvalue weighted by molar-refractivity contribution is 5.28. The molecule has 1 aromatic rings. The molecule has 1 unspecified atom stereocenters. The average molecular weight is 246 g/mol. The van der Waals surface area contributed by atoms with Crippen LogP contribution in [-0.4, -0.2) is 35.1 Å². The lowest BCUT2D eigenvalue weighted by Crippen LogP contribution is -2.38. The van der Waals surface area contributed by atoms with Crippen molar-refractivity contribution in [3.63, 3.8) is 0 Å². The van der Waals surface area contributed by atoms with Crippen molar-refractivity contribution in [1.29, 1.82) is 5.26 Å². The number of nitriles is 1. The number of hydrogen-bond acceptors (Lipinski definition) is 3. The molecular weight excluding hydrogens is 224 g/mol. The van der Waals surface area contributed by atoms with Gasteiger partial charge in [-0.1, -0.05) is 0 Å².